The van der Waals surface area contributed by atoms with Gasteiger partial charge in [0.15, 0.2) is 5.11 Å². The fraction of sp³-hybridized carbons (Fsp3) is 0.273. The number of hydrogen-bond donors (Lipinski definition) is 2. The monoisotopic (exact) mass is 318 g/mol. The quantitative estimate of drug-likeness (QED) is 0.841. The van der Waals surface area contributed by atoms with Crippen LogP contribution in [-0.4, -0.2) is 11.0 Å². The van der Waals surface area contributed by atoms with Crippen molar-refractivity contribution in [1.82, 2.24) is 5.32 Å². The van der Waals surface area contributed by atoms with Crippen molar-refractivity contribution in [2.24, 2.45) is 0 Å². The molecular formula is C11H12BrFN2OS. The van der Waals surface area contributed by atoms with E-state index in [1.54, 1.807) is 6.07 Å². The SMILES string of the molecule is CCCC(=O)NC(=S)Nc1ccc(Br)cc1F. The zero-order chi connectivity index (χ0) is 12.8. The molecule has 6 heteroatoms. The number of thiocarbonyl (C=S) groups is 1. The zero-order valence-electron chi connectivity index (χ0n) is 9.22. The van der Waals surface area contributed by atoms with Gasteiger partial charge in [-0.05, 0) is 36.8 Å². The first-order valence-corrected chi connectivity index (χ1v) is 6.29. The summed E-state index contributed by atoms with van der Waals surface area (Å²) in [6.07, 6.45) is 1.13. The standard InChI is InChI=1S/C11H12BrFN2OS/c1-2-3-10(16)15-11(17)14-9-5-4-7(12)6-8(9)13/h4-6H,2-3H2,1H3,(H2,14,15,16,17). The Balaban J connectivity index is 2.59. The second-order valence-corrected chi connectivity index (χ2v) is 4.70. The first-order chi connectivity index (χ1) is 8.02. The number of carbonyl (C=O) groups is 1. The van der Waals surface area contributed by atoms with Crippen LogP contribution >= 0.6 is 28.1 Å². The Morgan fingerprint density at radius 1 is 1.53 bits per heavy atom. The molecule has 1 aromatic rings. The topological polar surface area (TPSA) is 41.1 Å². The molecule has 2 N–H and O–H groups in total. The first kappa shape index (κ1) is 14.1. The highest BCUT2D eigenvalue weighted by atomic mass is 79.9. The van der Waals surface area contributed by atoms with E-state index < -0.39 is 5.82 Å². The lowest BCUT2D eigenvalue weighted by molar-refractivity contribution is -0.119. The summed E-state index contributed by atoms with van der Waals surface area (Å²) in [5.74, 6) is -0.617. The molecule has 17 heavy (non-hydrogen) atoms. The number of carbonyl (C=O) groups excluding carboxylic acids is 1. The lowest BCUT2D eigenvalue weighted by Crippen LogP contribution is -2.34. The highest BCUT2D eigenvalue weighted by Gasteiger charge is 2.07. The van der Waals surface area contributed by atoms with E-state index in [4.69, 9.17) is 12.2 Å². The van der Waals surface area contributed by atoms with E-state index in [0.29, 0.717) is 10.9 Å². The minimum absolute atomic E-state index is 0.102. The van der Waals surface area contributed by atoms with Gasteiger partial charge < -0.3 is 10.6 Å². The van der Waals surface area contributed by atoms with E-state index in [1.807, 2.05) is 6.92 Å². The fourth-order valence-corrected chi connectivity index (χ4v) is 1.72. The molecule has 0 atom stereocenters. The van der Waals surface area contributed by atoms with Crippen LogP contribution in [0.2, 0.25) is 0 Å². The minimum Gasteiger partial charge on any atom is -0.330 e. The van der Waals surface area contributed by atoms with Gasteiger partial charge in [-0.15, -0.1) is 0 Å². The molecule has 1 amide bonds. The van der Waals surface area contributed by atoms with Gasteiger partial charge in [-0.2, -0.15) is 0 Å². The summed E-state index contributed by atoms with van der Waals surface area (Å²) < 4.78 is 14.1. The molecule has 0 aliphatic heterocycles. The highest BCUT2D eigenvalue weighted by Crippen LogP contribution is 2.19. The van der Waals surface area contributed by atoms with E-state index in [9.17, 15) is 9.18 Å². The van der Waals surface area contributed by atoms with Crippen LogP contribution in [0.4, 0.5) is 10.1 Å². The highest BCUT2D eigenvalue weighted by molar-refractivity contribution is 9.10. The van der Waals surface area contributed by atoms with Gasteiger partial charge in [0.1, 0.15) is 5.82 Å². The Morgan fingerprint density at radius 2 is 2.24 bits per heavy atom. The first-order valence-electron chi connectivity index (χ1n) is 5.08. The third-order valence-electron chi connectivity index (χ3n) is 1.91. The lowest BCUT2D eigenvalue weighted by atomic mass is 10.3. The van der Waals surface area contributed by atoms with Crippen LogP contribution in [0.3, 0.4) is 0 Å². The molecule has 1 aromatic carbocycles. The molecule has 0 saturated heterocycles. The molecule has 0 aliphatic carbocycles. The lowest BCUT2D eigenvalue weighted by Gasteiger charge is -2.10. The summed E-state index contributed by atoms with van der Waals surface area (Å²) in [5, 5.41) is 5.21. The van der Waals surface area contributed by atoms with E-state index in [0.717, 1.165) is 6.42 Å². The molecule has 0 aliphatic rings. The van der Waals surface area contributed by atoms with Crippen LogP contribution in [0.25, 0.3) is 0 Å². The molecule has 0 radical (unpaired) electrons. The molecular weight excluding hydrogens is 307 g/mol. The average molecular weight is 319 g/mol. The Hall–Kier alpha value is -1.01. The van der Waals surface area contributed by atoms with E-state index in [1.165, 1.54) is 12.1 Å². The minimum atomic E-state index is -0.438. The van der Waals surface area contributed by atoms with Crippen molar-refractivity contribution >= 4 is 44.9 Å². The number of benzene rings is 1. The van der Waals surface area contributed by atoms with E-state index in [2.05, 4.69) is 26.6 Å². The maximum absolute atomic E-state index is 13.4. The molecule has 0 aromatic heterocycles. The van der Waals surface area contributed by atoms with Gasteiger partial charge in [0.25, 0.3) is 0 Å². The van der Waals surface area contributed by atoms with Crippen LogP contribution in [0.5, 0.6) is 0 Å². The van der Waals surface area contributed by atoms with Gasteiger partial charge in [0, 0.05) is 10.9 Å². The summed E-state index contributed by atoms with van der Waals surface area (Å²) in [4.78, 5) is 11.2. The molecule has 0 saturated carbocycles. The third-order valence-corrected chi connectivity index (χ3v) is 2.61. The molecule has 0 heterocycles. The number of anilines is 1. The largest absolute Gasteiger partial charge is 0.330 e. The zero-order valence-corrected chi connectivity index (χ0v) is 11.6. The molecule has 0 bridgehead atoms. The van der Waals surface area contributed by atoms with Gasteiger partial charge in [-0.3, -0.25) is 4.79 Å². The van der Waals surface area contributed by atoms with Crippen molar-refractivity contribution in [2.75, 3.05) is 5.32 Å². The van der Waals surface area contributed by atoms with Crippen LogP contribution in [0.1, 0.15) is 19.8 Å². The van der Waals surface area contributed by atoms with E-state index >= 15 is 0 Å². The molecule has 92 valence electrons. The third kappa shape index (κ3) is 4.79. The number of amides is 1. The molecule has 0 fully saturated rings. The average Bonchev–Trinajstić information content (AvgIpc) is 2.22. The number of halogens is 2. The van der Waals surface area contributed by atoms with E-state index in [-0.39, 0.29) is 16.7 Å². The van der Waals surface area contributed by atoms with Crippen molar-refractivity contribution in [3.05, 3.63) is 28.5 Å². The second kappa shape index (κ2) is 6.66. The summed E-state index contributed by atoms with van der Waals surface area (Å²) >= 11 is 8.05. The van der Waals surface area contributed by atoms with Crippen molar-refractivity contribution in [3.8, 4) is 0 Å². The van der Waals surface area contributed by atoms with Gasteiger partial charge in [-0.25, -0.2) is 4.39 Å². The predicted octanol–water partition coefficient (Wildman–Crippen LogP) is 3.20. The predicted molar refractivity (Wildman–Crippen MR) is 73.4 cm³/mol. The maximum Gasteiger partial charge on any atom is 0.226 e. The van der Waals surface area contributed by atoms with Crippen molar-refractivity contribution in [3.63, 3.8) is 0 Å². The van der Waals surface area contributed by atoms with Gasteiger partial charge in [-0.1, -0.05) is 22.9 Å². The fourth-order valence-electron chi connectivity index (χ4n) is 1.16. The van der Waals surface area contributed by atoms with Crippen molar-refractivity contribution in [2.45, 2.75) is 19.8 Å². The molecule has 0 spiro atoms. The Bertz CT molecular complexity index is 439. The van der Waals surface area contributed by atoms with Crippen LogP contribution < -0.4 is 10.6 Å². The molecule has 0 unspecified atom stereocenters. The molecule has 1 rings (SSSR count). The van der Waals surface area contributed by atoms with Crippen molar-refractivity contribution < 1.29 is 9.18 Å². The number of hydrogen-bond acceptors (Lipinski definition) is 2. The van der Waals surface area contributed by atoms with Gasteiger partial charge >= 0.3 is 0 Å². The summed E-state index contributed by atoms with van der Waals surface area (Å²) in [6.45, 7) is 1.89. The van der Waals surface area contributed by atoms with Crippen LogP contribution in [0, 0.1) is 5.82 Å². The summed E-state index contributed by atoms with van der Waals surface area (Å²) in [5.41, 5.74) is 0.231. The van der Waals surface area contributed by atoms with Gasteiger partial charge in [0.2, 0.25) is 5.91 Å². The second-order valence-electron chi connectivity index (χ2n) is 3.38. The number of rotatable bonds is 3. The Labute approximate surface area is 113 Å². The maximum atomic E-state index is 13.4. The summed E-state index contributed by atoms with van der Waals surface area (Å²) in [7, 11) is 0. The van der Waals surface area contributed by atoms with Crippen molar-refractivity contribution in [1.29, 1.82) is 0 Å². The normalized spacial score (nSPS) is 9.82. The smallest absolute Gasteiger partial charge is 0.226 e. The summed E-state index contributed by atoms with van der Waals surface area (Å²) in [6, 6.07) is 4.54. The molecule has 3 nitrogen and oxygen atoms in total. The van der Waals surface area contributed by atoms with Gasteiger partial charge in [0.05, 0.1) is 5.69 Å². The Morgan fingerprint density at radius 3 is 2.82 bits per heavy atom. The number of nitrogens with one attached hydrogen (secondary N) is 2. The van der Waals surface area contributed by atoms with Crippen LogP contribution in [-0.2, 0) is 4.79 Å². The Kier molecular flexibility index (Phi) is 5.50. The van der Waals surface area contributed by atoms with Crippen LogP contribution in [0.15, 0.2) is 22.7 Å².